The van der Waals surface area contributed by atoms with Crippen molar-refractivity contribution in [2.45, 2.75) is 109 Å². The molecule has 0 aromatic carbocycles. The first kappa shape index (κ1) is 25.6. The molecule has 5 nitrogen and oxygen atoms in total. The molecule has 1 rings (SSSR count). The highest BCUT2D eigenvalue weighted by Crippen LogP contribution is 2.43. The summed E-state index contributed by atoms with van der Waals surface area (Å²) in [6.07, 6.45) is 1.13. The van der Waals surface area contributed by atoms with Crippen LogP contribution in [0.4, 0.5) is 0 Å². The molecule has 0 aromatic heterocycles. The third-order valence-electron chi connectivity index (χ3n) is 6.72. The summed E-state index contributed by atoms with van der Waals surface area (Å²) in [6.45, 7) is 21.8. The highest BCUT2D eigenvalue weighted by molar-refractivity contribution is 6.74. The first-order chi connectivity index (χ1) is 12.4. The summed E-state index contributed by atoms with van der Waals surface area (Å²) in [4.78, 5) is 11.8. The third kappa shape index (κ3) is 6.26. The SMILES string of the molecule is COC(=O)C=C1C[C@@H](O[Si](C)(C)C(C)(C)C)C(O)[C@H](O[Si](C)(C)C(C)(C)C)C1. The molecule has 0 unspecified atom stereocenters. The van der Waals surface area contributed by atoms with Crippen molar-refractivity contribution < 1.29 is 23.5 Å². The van der Waals surface area contributed by atoms with Gasteiger partial charge in [0.25, 0.3) is 0 Å². The molecule has 0 radical (unpaired) electrons. The second kappa shape index (κ2) is 8.72. The van der Waals surface area contributed by atoms with Crippen molar-refractivity contribution in [2.75, 3.05) is 7.11 Å². The number of rotatable bonds is 5. The number of esters is 1. The molecule has 0 heterocycles. The molecule has 1 N–H and O–H groups in total. The Hall–Kier alpha value is -0.476. The van der Waals surface area contributed by atoms with Crippen LogP contribution in [0.25, 0.3) is 0 Å². The number of hydrogen-bond donors (Lipinski definition) is 1. The number of aliphatic hydroxyl groups is 1. The van der Waals surface area contributed by atoms with E-state index in [0.717, 1.165) is 5.57 Å². The van der Waals surface area contributed by atoms with Crippen LogP contribution in [0.1, 0.15) is 54.4 Å². The van der Waals surface area contributed by atoms with Gasteiger partial charge in [0.05, 0.1) is 19.3 Å². The molecule has 164 valence electrons. The van der Waals surface area contributed by atoms with E-state index in [1.54, 1.807) is 0 Å². The molecule has 1 fully saturated rings. The van der Waals surface area contributed by atoms with Crippen molar-refractivity contribution in [3.8, 4) is 0 Å². The quantitative estimate of drug-likeness (QED) is 0.377. The number of carbonyl (C=O) groups is 1. The molecule has 0 bridgehead atoms. The van der Waals surface area contributed by atoms with E-state index in [-0.39, 0.29) is 28.3 Å². The summed E-state index contributed by atoms with van der Waals surface area (Å²) in [5.74, 6) is -0.372. The number of hydrogen-bond acceptors (Lipinski definition) is 5. The Bertz CT molecular complexity index is 545. The number of aliphatic hydroxyl groups excluding tert-OH is 1. The van der Waals surface area contributed by atoms with Crippen molar-refractivity contribution >= 4 is 22.6 Å². The minimum atomic E-state index is -2.08. The molecular weight excluding hydrogens is 388 g/mol. The van der Waals surface area contributed by atoms with Crippen LogP contribution in [0.5, 0.6) is 0 Å². The summed E-state index contributed by atoms with van der Waals surface area (Å²) in [5, 5.41) is 11.2. The highest BCUT2D eigenvalue weighted by Gasteiger charge is 2.47. The predicted octanol–water partition coefficient (Wildman–Crippen LogP) is 5.02. The van der Waals surface area contributed by atoms with Crippen LogP contribution in [-0.2, 0) is 18.4 Å². The summed E-state index contributed by atoms with van der Waals surface area (Å²) < 4.78 is 17.9. The van der Waals surface area contributed by atoms with Gasteiger partial charge in [-0.1, -0.05) is 47.1 Å². The fraction of sp³-hybridized carbons (Fsp3) is 0.857. The van der Waals surface area contributed by atoms with Gasteiger partial charge in [-0.05, 0) is 49.1 Å². The van der Waals surface area contributed by atoms with Gasteiger partial charge in [-0.2, -0.15) is 0 Å². The molecule has 0 aliphatic heterocycles. The number of methoxy groups -OCH3 is 1. The van der Waals surface area contributed by atoms with Crippen LogP contribution >= 0.6 is 0 Å². The zero-order chi connectivity index (χ0) is 22.1. The van der Waals surface area contributed by atoms with Gasteiger partial charge in [0.15, 0.2) is 16.6 Å². The average molecular weight is 431 g/mol. The normalized spacial score (nSPS) is 24.9. The maximum Gasteiger partial charge on any atom is 0.330 e. The van der Waals surface area contributed by atoms with E-state index in [1.807, 2.05) is 0 Å². The van der Waals surface area contributed by atoms with E-state index in [1.165, 1.54) is 13.2 Å². The molecule has 1 saturated carbocycles. The molecule has 7 heteroatoms. The van der Waals surface area contributed by atoms with Crippen molar-refractivity contribution in [2.24, 2.45) is 0 Å². The van der Waals surface area contributed by atoms with Crippen molar-refractivity contribution in [1.29, 1.82) is 0 Å². The second-order valence-electron chi connectivity index (χ2n) is 11.1. The van der Waals surface area contributed by atoms with Gasteiger partial charge in [0.1, 0.15) is 6.10 Å². The van der Waals surface area contributed by atoms with Gasteiger partial charge in [-0.3, -0.25) is 0 Å². The van der Waals surface area contributed by atoms with E-state index < -0.39 is 22.7 Å². The van der Waals surface area contributed by atoms with Crippen LogP contribution in [0.15, 0.2) is 11.6 Å². The van der Waals surface area contributed by atoms with Crippen molar-refractivity contribution in [3.63, 3.8) is 0 Å². The van der Waals surface area contributed by atoms with Gasteiger partial charge >= 0.3 is 5.97 Å². The van der Waals surface area contributed by atoms with Crippen LogP contribution in [0.2, 0.25) is 36.3 Å². The fourth-order valence-corrected chi connectivity index (χ4v) is 5.42. The zero-order valence-electron chi connectivity index (χ0n) is 19.8. The Morgan fingerprint density at radius 1 is 0.929 bits per heavy atom. The topological polar surface area (TPSA) is 65.0 Å². The summed E-state index contributed by atoms with van der Waals surface area (Å²) in [6, 6.07) is 0. The standard InChI is InChI=1S/C21H42O5Si2/c1-20(2,3)27(8,9)25-16-12-15(14-18(22)24-7)13-17(19(16)23)26-28(10,11)21(4,5)6/h14,16-17,19,23H,12-13H2,1-11H3/t16-,17-,19?/m1/s1. The Morgan fingerprint density at radius 3 is 1.57 bits per heavy atom. The summed E-state index contributed by atoms with van der Waals surface area (Å²) in [5.41, 5.74) is 0.921. The summed E-state index contributed by atoms with van der Waals surface area (Å²) in [7, 11) is -2.79. The molecule has 1 aliphatic carbocycles. The number of carbonyl (C=O) groups excluding carboxylic acids is 1. The van der Waals surface area contributed by atoms with Gasteiger partial charge in [0, 0.05) is 6.08 Å². The largest absolute Gasteiger partial charge is 0.466 e. The Morgan fingerprint density at radius 2 is 1.29 bits per heavy atom. The van der Waals surface area contributed by atoms with Gasteiger partial charge in [-0.15, -0.1) is 0 Å². The lowest BCUT2D eigenvalue weighted by atomic mass is 9.87. The molecule has 0 spiro atoms. The van der Waals surface area contributed by atoms with E-state index in [4.69, 9.17) is 13.6 Å². The Labute approximate surface area is 174 Å². The Balaban J connectivity index is 3.19. The minimum Gasteiger partial charge on any atom is -0.466 e. The number of ether oxygens (including phenoxy) is 1. The van der Waals surface area contributed by atoms with Crippen molar-refractivity contribution in [3.05, 3.63) is 11.6 Å². The maximum atomic E-state index is 11.8. The lowest BCUT2D eigenvalue weighted by molar-refractivity contribution is -0.135. The van der Waals surface area contributed by atoms with Gasteiger partial charge in [0.2, 0.25) is 0 Å². The molecule has 2 atom stereocenters. The zero-order valence-corrected chi connectivity index (χ0v) is 21.8. The van der Waals surface area contributed by atoms with E-state index in [0.29, 0.717) is 12.8 Å². The van der Waals surface area contributed by atoms with Gasteiger partial charge < -0.3 is 18.7 Å². The molecule has 28 heavy (non-hydrogen) atoms. The summed E-state index contributed by atoms with van der Waals surface area (Å²) >= 11 is 0. The van der Waals surface area contributed by atoms with Crippen molar-refractivity contribution in [1.82, 2.24) is 0 Å². The first-order valence-electron chi connectivity index (χ1n) is 10.2. The molecular formula is C21H42O5Si2. The maximum absolute atomic E-state index is 11.8. The lowest BCUT2D eigenvalue weighted by Gasteiger charge is -2.47. The Kier molecular flexibility index (Phi) is 7.96. The van der Waals surface area contributed by atoms with E-state index in [9.17, 15) is 9.90 Å². The highest BCUT2D eigenvalue weighted by atomic mass is 28.4. The van der Waals surface area contributed by atoms with Gasteiger partial charge in [-0.25, -0.2) is 4.79 Å². The fourth-order valence-electron chi connectivity index (χ4n) is 2.76. The second-order valence-corrected chi connectivity index (χ2v) is 20.6. The molecule has 1 aliphatic rings. The third-order valence-corrected chi connectivity index (χ3v) is 15.7. The predicted molar refractivity (Wildman–Crippen MR) is 119 cm³/mol. The van der Waals surface area contributed by atoms with E-state index >= 15 is 0 Å². The molecule has 0 saturated heterocycles. The molecule has 0 amide bonds. The van der Waals surface area contributed by atoms with Crippen LogP contribution in [-0.4, -0.2) is 53.1 Å². The average Bonchev–Trinajstić information content (AvgIpc) is 2.48. The van der Waals surface area contributed by atoms with E-state index in [2.05, 4.69) is 67.7 Å². The first-order valence-corrected chi connectivity index (χ1v) is 16.0. The smallest absolute Gasteiger partial charge is 0.330 e. The van der Waals surface area contributed by atoms with Crippen LogP contribution in [0, 0.1) is 0 Å². The minimum absolute atomic E-state index is 0.0339. The molecule has 0 aromatic rings. The van der Waals surface area contributed by atoms with Crippen LogP contribution in [0.3, 0.4) is 0 Å². The van der Waals surface area contributed by atoms with Crippen LogP contribution < -0.4 is 0 Å². The monoisotopic (exact) mass is 430 g/mol. The lowest BCUT2D eigenvalue weighted by Crippen LogP contribution is -2.55.